The Balaban J connectivity index is 1.15. The maximum atomic E-state index is 14.9. The van der Waals surface area contributed by atoms with Gasteiger partial charge in [0.25, 0.3) is 5.91 Å². The highest BCUT2D eigenvalue weighted by Gasteiger charge is 2.62. The molecule has 3 heterocycles. The van der Waals surface area contributed by atoms with Crippen LogP contribution in [-0.4, -0.2) is 84.7 Å². The number of carbonyl (C=O) groups excluding carboxylic acids is 4. The summed E-state index contributed by atoms with van der Waals surface area (Å²) in [6.45, 7) is 9.36. The monoisotopic (exact) mass is 918 g/mol. The van der Waals surface area contributed by atoms with Gasteiger partial charge < -0.3 is 28.8 Å². The highest BCUT2D eigenvalue weighted by molar-refractivity contribution is 9.10. The fourth-order valence-corrected chi connectivity index (χ4v) is 10.7. The first kappa shape index (κ1) is 42.7. The fraction of sp³-hybridized carbons (Fsp3) is 0.489. The predicted octanol–water partition coefficient (Wildman–Crippen LogP) is 6.97. The zero-order chi connectivity index (χ0) is 43.4. The van der Waals surface area contributed by atoms with Gasteiger partial charge in [-0.2, -0.15) is 0 Å². The van der Waals surface area contributed by atoms with Crippen LogP contribution in [0.25, 0.3) is 33.3 Å². The van der Waals surface area contributed by atoms with Gasteiger partial charge in [-0.25, -0.2) is 13.4 Å². The van der Waals surface area contributed by atoms with Gasteiger partial charge in [0.05, 0.1) is 46.8 Å². The fourth-order valence-electron chi connectivity index (χ4n) is 8.68. The van der Waals surface area contributed by atoms with E-state index in [9.17, 15) is 27.6 Å². The van der Waals surface area contributed by atoms with Gasteiger partial charge in [0.15, 0.2) is 11.3 Å². The first-order valence-corrected chi connectivity index (χ1v) is 23.2. The Hall–Kier alpha value is -4.96. The van der Waals surface area contributed by atoms with Crippen molar-refractivity contribution in [1.29, 1.82) is 0 Å². The first-order chi connectivity index (χ1) is 29.0. The van der Waals surface area contributed by atoms with Crippen LogP contribution in [0.4, 0.5) is 0 Å². The molecule has 14 nitrogen and oxygen atoms in total. The molecule has 4 fully saturated rings. The molecule has 4 aliphatic rings. The van der Waals surface area contributed by atoms with Crippen LogP contribution in [0.2, 0.25) is 0 Å². The zero-order valence-electron chi connectivity index (χ0n) is 34.7. The number of nitrogens with zero attached hydrogens (tertiary/aromatic N) is 2. The number of pyridine rings is 1. The number of halogens is 1. The maximum absolute atomic E-state index is 14.9. The number of ether oxygens (including phenoxy) is 3. The molecule has 2 aromatic carbocycles. The second kappa shape index (κ2) is 16.4. The van der Waals surface area contributed by atoms with Crippen LogP contribution in [-0.2, 0) is 33.9 Å². The van der Waals surface area contributed by atoms with Crippen LogP contribution in [0.5, 0.6) is 11.5 Å². The van der Waals surface area contributed by atoms with E-state index in [2.05, 4.69) is 32.5 Å². The van der Waals surface area contributed by atoms with Gasteiger partial charge in [-0.3, -0.25) is 23.9 Å². The molecule has 2 N–H and O–H groups in total. The number of rotatable bonds is 14. The van der Waals surface area contributed by atoms with Crippen molar-refractivity contribution < 1.29 is 46.2 Å². The summed E-state index contributed by atoms with van der Waals surface area (Å²) in [7, 11) is -2.36. The van der Waals surface area contributed by atoms with Crippen molar-refractivity contribution in [3.05, 3.63) is 65.7 Å². The van der Waals surface area contributed by atoms with Gasteiger partial charge in [0.1, 0.15) is 40.6 Å². The van der Waals surface area contributed by atoms with Gasteiger partial charge >= 0.3 is 5.97 Å². The minimum absolute atomic E-state index is 0.0000165. The summed E-state index contributed by atoms with van der Waals surface area (Å²) < 4.78 is 53.1. The lowest BCUT2D eigenvalue weighted by atomic mass is 9.77. The number of sulfonamides is 1. The van der Waals surface area contributed by atoms with Crippen LogP contribution in [0.3, 0.4) is 0 Å². The molecule has 1 saturated heterocycles. The molecular formula is C45H51BrN4O10S. The molecule has 0 spiro atoms. The molecule has 0 bridgehead atoms. The molecule has 324 valence electrons. The standard InChI is InChI=1S/C45H51BrN4O10S/c1-6-26-23-45(26,43(54)49-61(55,56)29-16-17-29)48-41(52)32-20-28(24-50(32)42(53)30(44(2,3)4)21-36(51)59-27-14-10-11-15-27)58-35-22-31(25-12-8-7-9-13-25)47-39-37-33(60-40(35)39)18-19-34(57-5)38(37)46/h6-9,12-13,18-19,22,26-30,32H,1,10-11,14-17,20-21,23-24H2,2-5H3,(H,48,52)(H,49,54)/t26-,28-,30-,32+,45-/m1/s1. The van der Waals surface area contributed by atoms with Crippen LogP contribution in [0.15, 0.2) is 70.1 Å². The molecule has 16 heteroatoms. The second-order valence-electron chi connectivity index (χ2n) is 17.8. The van der Waals surface area contributed by atoms with Gasteiger partial charge in [-0.1, -0.05) is 57.2 Å². The van der Waals surface area contributed by atoms with Crippen LogP contribution >= 0.6 is 15.9 Å². The van der Waals surface area contributed by atoms with Crippen molar-refractivity contribution in [3.63, 3.8) is 0 Å². The zero-order valence-corrected chi connectivity index (χ0v) is 37.1. The van der Waals surface area contributed by atoms with Gasteiger partial charge in [-0.15, -0.1) is 6.58 Å². The van der Waals surface area contributed by atoms with Gasteiger partial charge in [-0.05, 0) is 78.4 Å². The number of furan rings is 1. The normalized spacial score (nSPS) is 23.4. The Labute approximate surface area is 363 Å². The van der Waals surface area contributed by atoms with Crippen molar-refractivity contribution in [2.45, 2.75) is 108 Å². The Morgan fingerprint density at radius 1 is 1.05 bits per heavy atom. The van der Waals surface area contributed by atoms with E-state index in [1.165, 1.54) is 11.0 Å². The molecule has 3 amide bonds. The number of nitrogens with one attached hydrogen (secondary N) is 2. The summed E-state index contributed by atoms with van der Waals surface area (Å²) in [6, 6.07) is 13.7. The third-order valence-corrected chi connectivity index (χ3v) is 15.1. The lowest BCUT2D eigenvalue weighted by Gasteiger charge is -2.35. The minimum Gasteiger partial charge on any atom is -0.496 e. The summed E-state index contributed by atoms with van der Waals surface area (Å²) in [4.78, 5) is 63.0. The number of carbonyl (C=O) groups is 4. The summed E-state index contributed by atoms with van der Waals surface area (Å²) in [5.41, 5.74) is 0.477. The highest BCUT2D eigenvalue weighted by Crippen LogP contribution is 2.47. The third-order valence-electron chi connectivity index (χ3n) is 12.5. The molecule has 4 aromatic rings. The molecule has 3 saturated carbocycles. The summed E-state index contributed by atoms with van der Waals surface area (Å²) in [6.07, 6.45) is 4.89. The number of esters is 1. The quantitative estimate of drug-likeness (QED) is 0.0984. The molecule has 2 aromatic heterocycles. The summed E-state index contributed by atoms with van der Waals surface area (Å²) in [5, 5.41) is 2.86. The molecule has 1 aliphatic heterocycles. The number of likely N-dealkylation sites (tertiary alicyclic amines) is 1. The van der Waals surface area contributed by atoms with Gasteiger partial charge in [0, 0.05) is 24.0 Å². The van der Waals surface area contributed by atoms with Crippen LogP contribution < -0.4 is 19.5 Å². The smallest absolute Gasteiger partial charge is 0.306 e. The van der Waals surface area contributed by atoms with Crippen molar-refractivity contribution >= 4 is 71.7 Å². The van der Waals surface area contributed by atoms with E-state index in [-0.39, 0.29) is 31.9 Å². The number of hydrogen-bond acceptors (Lipinski definition) is 11. The maximum Gasteiger partial charge on any atom is 0.306 e. The Bertz CT molecular complexity index is 2510. The van der Waals surface area contributed by atoms with E-state index in [0.717, 1.165) is 31.2 Å². The van der Waals surface area contributed by atoms with E-state index in [4.69, 9.17) is 23.6 Å². The number of methoxy groups -OCH3 is 1. The Kier molecular flexibility index (Phi) is 11.5. The van der Waals surface area contributed by atoms with Crippen molar-refractivity contribution in [1.82, 2.24) is 19.9 Å². The molecule has 5 atom stereocenters. The first-order valence-electron chi connectivity index (χ1n) is 20.9. The molecule has 0 unspecified atom stereocenters. The number of amides is 3. The number of fused-ring (bicyclic) bond motifs is 3. The SMILES string of the molecule is C=C[C@@H]1C[C@]1(NC(=O)[C@@H]1C[C@@H](Oc2cc(-c3ccccc3)nc3c2oc2ccc(OC)c(Br)c23)CN1C(=O)[C@@H](CC(=O)OC1CCCC1)C(C)(C)C)C(=O)NS(=O)(=O)C1CC1. The van der Waals surface area contributed by atoms with E-state index in [1.807, 2.05) is 51.1 Å². The molecule has 3 aliphatic carbocycles. The number of benzene rings is 2. The second-order valence-corrected chi connectivity index (χ2v) is 20.5. The number of hydrogen-bond donors (Lipinski definition) is 2. The lowest BCUT2D eigenvalue weighted by molar-refractivity contribution is -0.156. The van der Waals surface area contributed by atoms with Crippen molar-refractivity contribution in [2.24, 2.45) is 17.3 Å². The highest BCUT2D eigenvalue weighted by atomic mass is 79.9. The van der Waals surface area contributed by atoms with Crippen molar-refractivity contribution in [3.8, 4) is 22.8 Å². The third kappa shape index (κ3) is 8.49. The molecular weight excluding hydrogens is 868 g/mol. The van der Waals surface area contributed by atoms with Crippen molar-refractivity contribution in [2.75, 3.05) is 13.7 Å². The number of aromatic nitrogens is 1. The van der Waals surface area contributed by atoms with E-state index < -0.39 is 73.9 Å². The molecule has 8 rings (SSSR count). The average molecular weight is 920 g/mol. The van der Waals surface area contributed by atoms with E-state index in [1.54, 1.807) is 25.3 Å². The minimum atomic E-state index is -3.93. The Morgan fingerprint density at radius 2 is 1.77 bits per heavy atom. The van der Waals surface area contributed by atoms with Crippen LogP contribution in [0, 0.1) is 17.3 Å². The van der Waals surface area contributed by atoms with Gasteiger partial charge in [0.2, 0.25) is 21.8 Å². The summed E-state index contributed by atoms with van der Waals surface area (Å²) in [5.74, 6) is -2.94. The summed E-state index contributed by atoms with van der Waals surface area (Å²) >= 11 is 3.67. The van der Waals surface area contributed by atoms with E-state index >= 15 is 0 Å². The largest absolute Gasteiger partial charge is 0.496 e. The molecule has 0 radical (unpaired) electrons. The predicted molar refractivity (Wildman–Crippen MR) is 231 cm³/mol. The lowest BCUT2D eigenvalue weighted by Crippen LogP contribution is -2.57. The Morgan fingerprint density at radius 3 is 2.41 bits per heavy atom. The van der Waals surface area contributed by atoms with E-state index in [0.29, 0.717) is 56.6 Å². The topological polar surface area (TPSA) is 183 Å². The molecule has 61 heavy (non-hydrogen) atoms. The average Bonchev–Trinajstić information content (AvgIpc) is 4.04. The van der Waals surface area contributed by atoms with Crippen LogP contribution in [0.1, 0.15) is 78.6 Å².